The Morgan fingerprint density at radius 1 is 1.10 bits per heavy atom. The third kappa shape index (κ3) is 4.35. The summed E-state index contributed by atoms with van der Waals surface area (Å²) in [6, 6.07) is 14.4. The number of rotatable bonds is 5. The van der Waals surface area contributed by atoms with Crippen molar-refractivity contribution in [3.05, 3.63) is 54.1 Å². The molecule has 5 nitrogen and oxygen atoms in total. The molecule has 0 aromatic heterocycles. The quantitative estimate of drug-likeness (QED) is 0.827. The topological polar surface area (TPSA) is 75.6 Å². The van der Waals surface area contributed by atoms with Crippen molar-refractivity contribution in [2.24, 2.45) is 0 Å². The standard InChI is InChI=1S/C16H15NO4/c1-11-6-8-12(9-7-11)21-14-5-3-2-4-13(14)17-15(18)10-16(19)20/h2-9H,10H2,1H3,(H,17,18)(H,19,20). The molecule has 0 saturated heterocycles. The first kappa shape index (κ1) is 14.6. The second-order valence-corrected chi connectivity index (χ2v) is 4.53. The summed E-state index contributed by atoms with van der Waals surface area (Å²) in [7, 11) is 0. The monoisotopic (exact) mass is 285 g/mol. The summed E-state index contributed by atoms with van der Waals surface area (Å²) >= 11 is 0. The predicted molar refractivity (Wildman–Crippen MR) is 78.6 cm³/mol. The number of nitrogens with one attached hydrogen (secondary N) is 1. The van der Waals surface area contributed by atoms with Crippen LogP contribution < -0.4 is 10.1 Å². The number of amides is 1. The highest BCUT2D eigenvalue weighted by Gasteiger charge is 2.11. The third-order valence-corrected chi connectivity index (χ3v) is 2.72. The Morgan fingerprint density at radius 2 is 1.76 bits per heavy atom. The summed E-state index contributed by atoms with van der Waals surface area (Å²) in [5, 5.41) is 11.1. The van der Waals surface area contributed by atoms with Gasteiger partial charge in [0.25, 0.3) is 0 Å². The Morgan fingerprint density at radius 3 is 2.43 bits per heavy atom. The molecule has 2 aromatic rings. The van der Waals surface area contributed by atoms with Crippen LogP contribution in [0.15, 0.2) is 48.5 Å². The smallest absolute Gasteiger partial charge is 0.312 e. The molecule has 0 aliphatic carbocycles. The van der Waals surface area contributed by atoms with Crippen LogP contribution in [0.3, 0.4) is 0 Å². The van der Waals surface area contributed by atoms with E-state index in [2.05, 4.69) is 5.32 Å². The number of carbonyl (C=O) groups excluding carboxylic acids is 1. The zero-order valence-electron chi connectivity index (χ0n) is 11.5. The molecule has 0 unspecified atom stereocenters. The molecule has 0 radical (unpaired) electrons. The maximum atomic E-state index is 11.5. The number of ether oxygens (including phenoxy) is 1. The van der Waals surface area contributed by atoms with Gasteiger partial charge in [-0.25, -0.2) is 0 Å². The summed E-state index contributed by atoms with van der Waals surface area (Å²) in [6.07, 6.45) is -0.584. The molecule has 1 amide bonds. The lowest BCUT2D eigenvalue weighted by atomic mass is 10.2. The van der Waals surface area contributed by atoms with E-state index in [1.54, 1.807) is 24.3 Å². The van der Waals surface area contributed by atoms with E-state index in [1.807, 2.05) is 31.2 Å². The summed E-state index contributed by atoms with van der Waals surface area (Å²) in [4.78, 5) is 22.0. The molecule has 0 atom stereocenters. The summed E-state index contributed by atoms with van der Waals surface area (Å²) in [5.41, 5.74) is 1.55. The van der Waals surface area contributed by atoms with Crippen LogP contribution in [0.25, 0.3) is 0 Å². The van der Waals surface area contributed by atoms with Gasteiger partial charge in [-0.2, -0.15) is 0 Å². The Hall–Kier alpha value is -2.82. The molecule has 108 valence electrons. The summed E-state index contributed by atoms with van der Waals surface area (Å²) < 4.78 is 5.71. The van der Waals surface area contributed by atoms with E-state index in [1.165, 1.54) is 0 Å². The van der Waals surface area contributed by atoms with Gasteiger partial charge in [0.2, 0.25) is 5.91 Å². The Bertz CT molecular complexity index is 650. The Balaban J connectivity index is 2.14. The molecular formula is C16H15NO4. The fourth-order valence-corrected chi connectivity index (χ4v) is 1.72. The molecule has 0 bridgehead atoms. The van der Waals surface area contributed by atoms with Crippen molar-refractivity contribution in [2.75, 3.05) is 5.32 Å². The molecule has 0 saturated carbocycles. The van der Waals surface area contributed by atoms with E-state index in [0.717, 1.165) is 5.56 Å². The van der Waals surface area contributed by atoms with Crippen LogP contribution in [-0.2, 0) is 9.59 Å². The molecule has 2 aromatic carbocycles. The van der Waals surface area contributed by atoms with E-state index in [4.69, 9.17) is 9.84 Å². The van der Waals surface area contributed by atoms with Gasteiger partial charge >= 0.3 is 5.97 Å². The van der Waals surface area contributed by atoms with E-state index < -0.39 is 18.3 Å². The number of anilines is 1. The number of para-hydroxylation sites is 2. The molecule has 0 heterocycles. The van der Waals surface area contributed by atoms with Crippen molar-refractivity contribution < 1.29 is 19.4 Å². The molecule has 0 aliphatic heterocycles. The van der Waals surface area contributed by atoms with Gasteiger partial charge < -0.3 is 15.2 Å². The number of hydrogen-bond donors (Lipinski definition) is 2. The Labute approximate surface area is 122 Å². The van der Waals surface area contributed by atoms with Gasteiger partial charge in [0.15, 0.2) is 5.75 Å². The highest BCUT2D eigenvalue weighted by molar-refractivity contribution is 6.02. The Kier molecular flexibility index (Phi) is 4.56. The van der Waals surface area contributed by atoms with Gasteiger partial charge in [-0.3, -0.25) is 9.59 Å². The lowest BCUT2D eigenvalue weighted by Crippen LogP contribution is -2.16. The molecular weight excluding hydrogens is 270 g/mol. The van der Waals surface area contributed by atoms with Crippen molar-refractivity contribution in [3.8, 4) is 11.5 Å². The van der Waals surface area contributed by atoms with Gasteiger partial charge in [-0.15, -0.1) is 0 Å². The van der Waals surface area contributed by atoms with Crippen LogP contribution >= 0.6 is 0 Å². The maximum Gasteiger partial charge on any atom is 0.312 e. The molecule has 2 N–H and O–H groups in total. The molecule has 21 heavy (non-hydrogen) atoms. The molecule has 2 rings (SSSR count). The van der Waals surface area contributed by atoms with Crippen LogP contribution in [-0.4, -0.2) is 17.0 Å². The van der Waals surface area contributed by atoms with Crippen molar-refractivity contribution in [1.82, 2.24) is 0 Å². The number of aliphatic carboxylic acids is 1. The zero-order valence-corrected chi connectivity index (χ0v) is 11.5. The van der Waals surface area contributed by atoms with Crippen LogP contribution in [0.2, 0.25) is 0 Å². The van der Waals surface area contributed by atoms with Crippen molar-refractivity contribution in [1.29, 1.82) is 0 Å². The zero-order chi connectivity index (χ0) is 15.2. The lowest BCUT2D eigenvalue weighted by molar-refractivity contribution is -0.139. The minimum Gasteiger partial charge on any atom is -0.481 e. The molecule has 5 heteroatoms. The van der Waals surface area contributed by atoms with Crippen molar-refractivity contribution in [3.63, 3.8) is 0 Å². The first-order valence-electron chi connectivity index (χ1n) is 6.40. The average Bonchev–Trinajstić information content (AvgIpc) is 2.42. The molecule has 0 aliphatic rings. The van der Waals surface area contributed by atoms with E-state index in [0.29, 0.717) is 17.2 Å². The first-order chi connectivity index (χ1) is 10.0. The second-order valence-electron chi connectivity index (χ2n) is 4.53. The average molecular weight is 285 g/mol. The minimum absolute atomic E-state index is 0.435. The fourth-order valence-electron chi connectivity index (χ4n) is 1.72. The predicted octanol–water partition coefficient (Wildman–Crippen LogP) is 3.20. The van der Waals surface area contributed by atoms with Crippen LogP contribution in [0.4, 0.5) is 5.69 Å². The highest BCUT2D eigenvalue weighted by Crippen LogP contribution is 2.29. The van der Waals surface area contributed by atoms with Crippen molar-refractivity contribution in [2.45, 2.75) is 13.3 Å². The second kappa shape index (κ2) is 6.56. The van der Waals surface area contributed by atoms with Crippen LogP contribution in [0.1, 0.15) is 12.0 Å². The normalized spacial score (nSPS) is 9.95. The van der Waals surface area contributed by atoms with Crippen molar-refractivity contribution >= 4 is 17.6 Å². The number of carboxylic acid groups (broad SMARTS) is 1. The lowest BCUT2D eigenvalue weighted by Gasteiger charge is -2.11. The first-order valence-corrected chi connectivity index (χ1v) is 6.40. The van der Waals surface area contributed by atoms with Gasteiger partial charge in [0.05, 0.1) is 5.69 Å². The number of aryl methyl sites for hydroxylation is 1. The minimum atomic E-state index is -1.18. The fraction of sp³-hybridized carbons (Fsp3) is 0.125. The SMILES string of the molecule is Cc1ccc(Oc2ccccc2NC(=O)CC(=O)O)cc1. The third-order valence-electron chi connectivity index (χ3n) is 2.72. The van der Waals surface area contributed by atoms with E-state index >= 15 is 0 Å². The van der Waals surface area contributed by atoms with Gasteiger partial charge in [0, 0.05) is 0 Å². The largest absolute Gasteiger partial charge is 0.481 e. The summed E-state index contributed by atoms with van der Waals surface area (Å²) in [6.45, 7) is 1.98. The molecule has 0 fully saturated rings. The summed E-state index contributed by atoms with van der Waals surface area (Å²) in [5.74, 6) is -0.674. The number of hydrogen-bond acceptors (Lipinski definition) is 3. The number of carboxylic acids is 1. The van der Waals surface area contributed by atoms with Gasteiger partial charge in [-0.1, -0.05) is 29.8 Å². The van der Waals surface area contributed by atoms with E-state index in [-0.39, 0.29) is 0 Å². The highest BCUT2D eigenvalue weighted by atomic mass is 16.5. The maximum absolute atomic E-state index is 11.5. The molecule has 0 spiro atoms. The number of benzene rings is 2. The van der Waals surface area contributed by atoms with Crippen LogP contribution in [0.5, 0.6) is 11.5 Å². The van der Waals surface area contributed by atoms with Crippen LogP contribution in [0, 0.1) is 6.92 Å². The number of carbonyl (C=O) groups is 2. The van der Waals surface area contributed by atoms with Gasteiger partial charge in [0.1, 0.15) is 12.2 Å². The van der Waals surface area contributed by atoms with E-state index in [9.17, 15) is 9.59 Å². The van der Waals surface area contributed by atoms with Gasteiger partial charge in [-0.05, 0) is 31.2 Å².